The molecule has 3 nitrogen and oxygen atoms in total. The normalized spacial score (nSPS) is 10.4. The molecule has 17 heavy (non-hydrogen) atoms. The van der Waals surface area contributed by atoms with Gasteiger partial charge >= 0.3 is 0 Å². The average Bonchev–Trinajstić information content (AvgIpc) is 2.28. The third-order valence-corrected chi connectivity index (χ3v) is 2.71. The number of halogens is 1. The summed E-state index contributed by atoms with van der Waals surface area (Å²) >= 11 is 3.12. The topological polar surface area (TPSA) is 46.2 Å². The number of hydrogen-bond donors (Lipinski definition) is 1. The van der Waals surface area contributed by atoms with Gasteiger partial charge in [0.15, 0.2) is 5.78 Å². The minimum atomic E-state index is -0.000400. The molecule has 0 saturated carbocycles. The number of ketones is 1. The molecule has 0 unspecified atom stereocenters. The lowest BCUT2D eigenvalue weighted by molar-refractivity contribution is -0.116. The molecule has 4 heteroatoms. The zero-order valence-corrected chi connectivity index (χ0v) is 11.6. The number of hydrogen-bond acceptors (Lipinski definition) is 2. The number of carbonyl (C=O) groups excluding carboxylic acids is 2. The number of Topliss-reactive ketones (excluding diaryl/α,β-unsaturated/α-hetero) is 1. The van der Waals surface area contributed by atoms with Crippen molar-refractivity contribution >= 4 is 33.3 Å². The Kier molecular flexibility index (Phi) is 5.35. The minimum absolute atomic E-state index is 0.000400. The van der Waals surface area contributed by atoms with Crippen LogP contribution in [0.15, 0.2) is 24.3 Å². The average molecular weight is 298 g/mol. The Hall–Kier alpha value is -1.16. The molecule has 92 valence electrons. The predicted octanol–water partition coefficient (Wildman–Crippen LogP) is 3.25. The molecule has 1 amide bonds. The van der Waals surface area contributed by atoms with E-state index >= 15 is 0 Å². The highest BCUT2D eigenvalue weighted by Crippen LogP contribution is 2.12. The van der Waals surface area contributed by atoms with E-state index in [1.165, 1.54) is 0 Å². The standard InChI is InChI=1S/C13H16BrNO2/c1-9(2)7-13(17)15-11-5-3-10(4-6-11)12(16)8-14/h3-6,9H,7-8H2,1-2H3,(H,15,17). The van der Waals surface area contributed by atoms with E-state index in [1.54, 1.807) is 24.3 Å². The van der Waals surface area contributed by atoms with Gasteiger partial charge in [0, 0.05) is 17.7 Å². The first-order valence-electron chi connectivity index (χ1n) is 5.52. The van der Waals surface area contributed by atoms with Crippen molar-refractivity contribution in [1.29, 1.82) is 0 Å². The lowest BCUT2D eigenvalue weighted by atomic mass is 10.1. The highest BCUT2D eigenvalue weighted by Gasteiger charge is 2.06. The molecule has 0 bridgehead atoms. The summed E-state index contributed by atoms with van der Waals surface area (Å²) in [6.45, 7) is 3.99. The van der Waals surface area contributed by atoms with Crippen LogP contribution in [0, 0.1) is 5.92 Å². The number of amides is 1. The quantitative estimate of drug-likeness (QED) is 0.670. The molecular weight excluding hydrogens is 282 g/mol. The summed E-state index contributed by atoms with van der Waals surface area (Å²) in [5.41, 5.74) is 1.37. The van der Waals surface area contributed by atoms with E-state index in [0.717, 1.165) is 5.69 Å². The zero-order chi connectivity index (χ0) is 12.8. The fraction of sp³-hybridized carbons (Fsp3) is 0.385. The van der Waals surface area contributed by atoms with Crippen LogP contribution in [0.4, 0.5) is 5.69 Å². The SMILES string of the molecule is CC(C)CC(=O)Nc1ccc(C(=O)CBr)cc1. The number of alkyl halides is 1. The Balaban J connectivity index is 2.62. The second-order valence-electron chi connectivity index (χ2n) is 4.28. The van der Waals surface area contributed by atoms with Crippen LogP contribution in [0.2, 0.25) is 0 Å². The lowest BCUT2D eigenvalue weighted by Crippen LogP contribution is -2.13. The Morgan fingerprint density at radius 1 is 1.24 bits per heavy atom. The highest BCUT2D eigenvalue weighted by atomic mass is 79.9. The van der Waals surface area contributed by atoms with E-state index in [0.29, 0.717) is 23.2 Å². The molecule has 0 aliphatic rings. The van der Waals surface area contributed by atoms with Gasteiger partial charge in [0.25, 0.3) is 0 Å². The molecule has 0 aromatic heterocycles. The summed E-state index contributed by atoms with van der Waals surface area (Å²) in [4.78, 5) is 22.9. The third-order valence-electron chi connectivity index (χ3n) is 2.21. The van der Waals surface area contributed by atoms with Crippen LogP contribution in [-0.2, 0) is 4.79 Å². The van der Waals surface area contributed by atoms with Crippen molar-refractivity contribution in [2.75, 3.05) is 10.6 Å². The van der Waals surface area contributed by atoms with Crippen molar-refractivity contribution in [3.8, 4) is 0 Å². The maximum Gasteiger partial charge on any atom is 0.224 e. The van der Waals surface area contributed by atoms with Crippen LogP contribution in [0.3, 0.4) is 0 Å². The van der Waals surface area contributed by atoms with Crippen LogP contribution in [0.1, 0.15) is 30.6 Å². The van der Waals surface area contributed by atoms with Gasteiger partial charge in [0.1, 0.15) is 0 Å². The van der Waals surface area contributed by atoms with E-state index in [-0.39, 0.29) is 11.7 Å². The summed E-state index contributed by atoms with van der Waals surface area (Å²) in [6, 6.07) is 6.92. The number of benzene rings is 1. The number of anilines is 1. The van der Waals surface area contributed by atoms with Gasteiger partial charge in [0.05, 0.1) is 5.33 Å². The first-order chi connectivity index (χ1) is 8.02. The Morgan fingerprint density at radius 3 is 2.29 bits per heavy atom. The molecule has 0 saturated heterocycles. The van der Waals surface area contributed by atoms with Crippen molar-refractivity contribution in [3.05, 3.63) is 29.8 Å². The van der Waals surface area contributed by atoms with Crippen molar-refractivity contribution in [3.63, 3.8) is 0 Å². The maximum atomic E-state index is 11.5. The van der Waals surface area contributed by atoms with Gasteiger partial charge in [-0.25, -0.2) is 0 Å². The fourth-order valence-corrected chi connectivity index (χ4v) is 1.72. The van der Waals surface area contributed by atoms with Crippen molar-refractivity contribution in [2.24, 2.45) is 5.92 Å². The van der Waals surface area contributed by atoms with Gasteiger partial charge in [-0.05, 0) is 30.2 Å². The molecule has 0 spiro atoms. The van der Waals surface area contributed by atoms with Crippen LogP contribution in [-0.4, -0.2) is 17.0 Å². The molecule has 1 aromatic rings. The van der Waals surface area contributed by atoms with Gasteiger partial charge in [-0.3, -0.25) is 9.59 Å². The van der Waals surface area contributed by atoms with Gasteiger partial charge in [-0.2, -0.15) is 0 Å². The van der Waals surface area contributed by atoms with Gasteiger partial charge in [-0.1, -0.05) is 29.8 Å². The zero-order valence-electron chi connectivity index (χ0n) is 10.00. The number of nitrogens with one attached hydrogen (secondary N) is 1. The number of carbonyl (C=O) groups is 2. The maximum absolute atomic E-state index is 11.5. The summed E-state index contributed by atoms with van der Waals surface area (Å²) in [5, 5.41) is 3.11. The molecule has 0 radical (unpaired) electrons. The number of rotatable bonds is 5. The van der Waals surface area contributed by atoms with Crippen LogP contribution in [0.5, 0.6) is 0 Å². The fourth-order valence-electron chi connectivity index (χ4n) is 1.40. The third kappa shape index (κ3) is 4.69. The predicted molar refractivity (Wildman–Crippen MR) is 72.7 cm³/mol. The van der Waals surface area contributed by atoms with Crippen molar-refractivity contribution in [1.82, 2.24) is 0 Å². The summed E-state index contributed by atoms with van der Waals surface area (Å²) in [6.07, 6.45) is 0.502. The van der Waals surface area contributed by atoms with E-state index in [9.17, 15) is 9.59 Å². The van der Waals surface area contributed by atoms with E-state index in [2.05, 4.69) is 21.2 Å². The van der Waals surface area contributed by atoms with Crippen molar-refractivity contribution < 1.29 is 9.59 Å². The van der Waals surface area contributed by atoms with E-state index in [4.69, 9.17) is 0 Å². The summed E-state index contributed by atoms with van der Waals surface area (Å²) in [5.74, 6) is 0.369. The molecule has 1 N–H and O–H groups in total. The van der Waals surface area contributed by atoms with Crippen molar-refractivity contribution in [2.45, 2.75) is 20.3 Å². The molecule has 0 aliphatic carbocycles. The summed E-state index contributed by atoms with van der Waals surface area (Å²) < 4.78 is 0. The summed E-state index contributed by atoms with van der Waals surface area (Å²) in [7, 11) is 0. The smallest absolute Gasteiger partial charge is 0.224 e. The Morgan fingerprint density at radius 2 is 1.82 bits per heavy atom. The van der Waals surface area contributed by atoms with Gasteiger partial charge in [0.2, 0.25) is 5.91 Å². The largest absolute Gasteiger partial charge is 0.326 e. The minimum Gasteiger partial charge on any atom is -0.326 e. The van der Waals surface area contributed by atoms with Crippen LogP contribution < -0.4 is 5.32 Å². The lowest BCUT2D eigenvalue weighted by Gasteiger charge is -2.07. The second kappa shape index (κ2) is 6.55. The van der Waals surface area contributed by atoms with Crippen LogP contribution >= 0.6 is 15.9 Å². The second-order valence-corrected chi connectivity index (χ2v) is 4.84. The first-order valence-corrected chi connectivity index (χ1v) is 6.64. The molecule has 0 fully saturated rings. The van der Waals surface area contributed by atoms with Crippen LogP contribution in [0.25, 0.3) is 0 Å². The molecule has 1 aromatic carbocycles. The molecule has 1 rings (SSSR count). The monoisotopic (exact) mass is 297 g/mol. The van der Waals surface area contributed by atoms with Gasteiger partial charge in [-0.15, -0.1) is 0 Å². The molecule has 0 atom stereocenters. The van der Waals surface area contributed by atoms with Gasteiger partial charge < -0.3 is 5.32 Å². The molecule has 0 aliphatic heterocycles. The Bertz CT molecular complexity index is 398. The highest BCUT2D eigenvalue weighted by molar-refractivity contribution is 9.09. The van der Waals surface area contributed by atoms with E-state index in [1.807, 2.05) is 13.8 Å². The van der Waals surface area contributed by atoms with E-state index < -0.39 is 0 Å². The Labute approximate surface area is 110 Å². The molecular formula is C13H16BrNO2. The first kappa shape index (κ1) is 13.9. The molecule has 0 heterocycles.